The van der Waals surface area contributed by atoms with E-state index in [-0.39, 0.29) is 11.8 Å². The maximum absolute atomic E-state index is 13.1. The normalized spacial score (nSPS) is 16.5. The van der Waals surface area contributed by atoms with Crippen LogP contribution in [0, 0.1) is 5.92 Å². The maximum Gasteiger partial charge on any atom is 0.252 e. The van der Waals surface area contributed by atoms with Gasteiger partial charge in [0.1, 0.15) is 0 Å². The molecule has 6 nitrogen and oxygen atoms in total. The third-order valence-electron chi connectivity index (χ3n) is 6.14. The number of carbonyl (C=O) groups excluding carboxylic acids is 2. The Hall–Kier alpha value is -3.25. The van der Waals surface area contributed by atoms with Crippen molar-refractivity contribution in [3.63, 3.8) is 0 Å². The van der Waals surface area contributed by atoms with E-state index in [2.05, 4.69) is 22.5 Å². The van der Waals surface area contributed by atoms with Crippen LogP contribution >= 0.6 is 0 Å². The van der Waals surface area contributed by atoms with E-state index < -0.39 is 0 Å². The molecule has 1 aromatic heterocycles. The second-order valence-electron chi connectivity index (χ2n) is 8.99. The first-order valence-corrected chi connectivity index (χ1v) is 11.8. The fourth-order valence-corrected chi connectivity index (χ4v) is 4.53. The zero-order valence-electron chi connectivity index (χ0n) is 19.4. The second-order valence-corrected chi connectivity index (χ2v) is 8.99. The third-order valence-corrected chi connectivity index (χ3v) is 6.14. The molecule has 33 heavy (non-hydrogen) atoms. The summed E-state index contributed by atoms with van der Waals surface area (Å²) in [5.74, 6) is 0.583. The number of nitrogens with zero attached hydrogens (tertiary/aromatic N) is 2. The summed E-state index contributed by atoms with van der Waals surface area (Å²) in [7, 11) is 0. The molecule has 1 atom stereocenters. The number of benzene rings is 2. The van der Waals surface area contributed by atoms with Gasteiger partial charge in [-0.3, -0.25) is 9.59 Å². The summed E-state index contributed by atoms with van der Waals surface area (Å²) in [5.41, 5.74) is 3.77. The monoisotopic (exact) mass is 444 g/mol. The van der Waals surface area contributed by atoms with Gasteiger partial charge in [0.25, 0.3) is 5.91 Å². The molecule has 2 amide bonds. The Morgan fingerprint density at radius 3 is 2.67 bits per heavy atom. The predicted molar refractivity (Wildman–Crippen MR) is 133 cm³/mol. The van der Waals surface area contributed by atoms with E-state index in [1.807, 2.05) is 54.6 Å². The number of amides is 2. The molecule has 0 aliphatic carbocycles. The van der Waals surface area contributed by atoms with Gasteiger partial charge in [0.15, 0.2) is 0 Å². The van der Waals surface area contributed by atoms with E-state index in [0.29, 0.717) is 12.1 Å². The highest BCUT2D eigenvalue weighted by Crippen LogP contribution is 2.26. The quantitative estimate of drug-likeness (QED) is 0.518. The Morgan fingerprint density at radius 1 is 1.12 bits per heavy atom. The Morgan fingerprint density at radius 2 is 1.91 bits per heavy atom. The Labute approximate surface area is 195 Å². The molecule has 2 N–H and O–H groups in total. The van der Waals surface area contributed by atoms with Gasteiger partial charge in [-0.05, 0) is 62.5 Å². The lowest BCUT2D eigenvalue weighted by molar-refractivity contribution is -0.114. The van der Waals surface area contributed by atoms with Crippen molar-refractivity contribution in [1.82, 2.24) is 15.2 Å². The Kier molecular flexibility index (Phi) is 7.35. The molecule has 6 heteroatoms. The van der Waals surface area contributed by atoms with Crippen molar-refractivity contribution in [2.45, 2.75) is 33.1 Å². The highest BCUT2D eigenvalue weighted by Gasteiger charge is 2.17. The van der Waals surface area contributed by atoms with Gasteiger partial charge < -0.3 is 15.5 Å². The molecule has 2 heterocycles. The highest BCUT2D eigenvalue weighted by molar-refractivity contribution is 6.07. The molecule has 0 unspecified atom stereocenters. The highest BCUT2D eigenvalue weighted by atomic mass is 16.2. The number of nitrogens with one attached hydrogen (secondary N) is 2. The van der Waals surface area contributed by atoms with Gasteiger partial charge in [-0.1, -0.05) is 37.3 Å². The van der Waals surface area contributed by atoms with Gasteiger partial charge in [0, 0.05) is 36.7 Å². The van der Waals surface area contributed by atoms with E-state index in [9.17, 15) is 9.59 Å². The van der Waals surface area contributed by atoms with Crippen LogP contribution in [-0.2, 0) is 4.79 Å². The van der Waals surface area contributed by atoms with Crippen molar-refractivity contribution in [3.8, 4) is 11.3 Å². The van der Waals surface area contributed by atoms with Gasteiger partial charge in [0.05, 0.1) is 16.8 Å². The van der Waals surface area contributed by atoms with Crippen LogP contribution in [0.2, 0.25) is 0 Å². The third kappa shape index (κ3) is 5.96. The van der Waals surface area contributed by atoms with Crippen LogP contribution in [-0.4, -0.2) is 47.9 Å². The molecule has 3 aromatic rings. The van der Waals surface area contributed by atoms with Crippen molar-refractivity contribution >= 4 is 28.4 Å². The summed E-state index contributed by atoms with van der Waals surface area (Å²) < 4.78 is 0. The first-order valence-electron chi connectivity index (χ1n) is 11.8. The lowest BCUT2D eigenvalue weighted by atomic mass is 10.0. The molecule has 1 fully saturated rings. The Balaban J connectivity index is 1.48. The molecule has 0 saturated carbocycles. The molecule has 2 aromatic carbocycles. The molecule has 172 valence electrons. The molecule has 0 radical (unpaired) electrons. The smallest absolute Gasteiger partial charge is 0.252 e. The molecule has 0 bridgehead atoms. The minimum atomic E-state index is -0.111. The first kappa shape index (κ1) is 22.9. The molecular formula is C27H32N4O2. The number of para-hydroxylation sites is 1. The molecular weight excluding hydrogens is 412 g/mol. The van der Waals surface area contributed by atoms with Crippen molar-refractivity contribution in [2.75, 3.05) is 31.5 Å². The summed E-state index contributed by atoms with van der Waals surface area (Å²) in [6.07, 6.45) is 3.53. The van der Waals surface area contributed by atoms with Crippen molar-refractivity contribution in [2.24, 2.45) is 5.92 Å². The van der Waals surface area contributed by atoms with Crippen molar-refractivity contribution < 1.29 is 9.59 Å². The van der Waals surface area contributed by atoms with Crippen molar-refractivity contribution in [3.05, 3.63) is 60.2 Å². The number of fused-ring (bicyclic) bond motifs is 1. The number of carbonyl (C=O) groups is 2. The SMILES string of the molecule is CC(=O)Nc1ccc(-c2cc(C(=O)NCCCN3CCC[C@@H](C)C3)c3ccccc3n2)cc1. The molecule has 1 saturated heterocycles. The molecule has 1 aliphatic heterocycles. The van der Waals surface area contributed by atoms with Crippen LogP contribution in [0.5, 0.6) is 0 Å². The van der Waals surface area contributed by atoms with E-state index in [4.69, 9.17) is 4.98 Å². The number of rotatable bonds is 7. The van der Waals surface area contributed by atoms with E-state index in [0.717, 1.165) is 59.8 Å². The van der Waals surface area contributed by atoms with Crippen LogP contribution in [0.25, 0.3) is 22.2 Å². The van der Waals surface area contributed by atoms with Gasteiger partial charge in [0.2, 0.25) is 5.91 Å². The summed E-state index contributed by atoms with van der Waals surface area (Å²) in [4.78, 5) is 31.7. The number of pyridine rings is 1. The fraction of sp³-hybridized carbons (Fsp3) is 0.370. The average Bonchev–Trinajstić information content (AvgIpc) is 2.81. The van der Waals surface area contributed by atoms with E-state index in [1.165, 1.54) is 19.8 Å². The van der Waals surface area contributed by atoms with Gasteiger partial charge in [-0.15, -0.1) is 0 Å². The number of hydrogen-bond acceptors (Lipinski definition) is 4. The number of anilines is 1. The van der Waals surface area contributed by atoms with Crippen LogP contribution in [0.1, 0.15) is 43.5 Å². The average molecular weight is 445 g/mol. The lowest BCUT2D eigenvalue weighted by Crippen LogP contribution is -2.36. The standard InChI is InChI=1S/C27H32N4O2/c1-19-7-5-15-31(18-19)16-6-14-28-27(33)24-17-26(30-25-9-4-3-8-23(24)25)21-10-12-22(13-11-21)29-20(2)32/h3-4,8-13,17,19H,5-7,14-16,18H2,1-2H3,(H,28,33)(H,29,32)/t19-/m1/s1. The maximum atomic E-state index is 13.1. The number of aromatic nitrogens is 1. The van der Waals surface area contributed by atoms with Gasteiger partial charge >= 0.3 is 0 Å². The van der Waals surface area contributed by atoms with E-state index >= 15 is 0 Å². The number of hydrogen-bond donors (Lipinski definition) is 2. The largest absolute Gasteiger partial charge is 0.352 e. The summed E-state index contributed by atoms with van der Waals surface area (Å²) in [6, 6.07) is 17.1. The first-order chi connectivity index (χ1) is 16.0. The Bertz CT molecular complexity index is 1130. The zero-order chi connectivity index (χ0) is 23.2. The minimum Gasteiger partial charge on any atom is -0.352 e. The molecule has 0 spiro atoms. The number of likely N-dealkylation sites (tertiary alicyclic amines) is 1. The summed E-state index contributed by atoms with van der Waals surface area (Å²) >= 11 is 0. The predicted octanol–water partition coefficient (Wildman–Crippen LogP) is 4.71. The second kappa shape index (κ2) is 10.6. The van der Waals surface area contributed by atoms with E-state index in [1.54, 1.807) is 0 Å². The topological polar surface area (TPSA) is 74.3 Å². The van der Waals surface area contributed by atoms with Crippen LogP contribution in [0.3, 0.4) is 0 Å². The summed E-state index contributed by atoms with van der Waals surface area (Å²) in [6.45, 7) is 7.79. The van der Waals surface area contributed by atoms with Gasteiger partial charge in [-0.2, -0.15) is 0 Å². The van der Waals surface area contributed by atoms with Crippen LogP contribution < -0.4 is 10.6 Å². The lowest BCUT2D eigenvalue weighted by Gasteiger charge is -2.30. The van der Waals surface area contributed by atoms with Gasteiger partial charge in [-0.25, -0.2) is 4.98 Å². The minimum absolute atomic E-state index is 0.0725. The molecule has 1 aliphatic rings. The van der Waals surface area contributed by atoms with Crippen molar-refractivity contribution in [1.29, 1.82) is 0 Å². The van der Waals surface area contributed by atoms with Crippen LogP contribution in [0.4, 0.5) is 5.69 Å². The number of piperidine rings is 1. The van der Waals surface area contributed by atoms with Crippen LogP contribution in [0.15, 0.2) is 54.6 Å². The summed E-state index contributed by atoms with van der Waals surface area (Å²) in [5, 5.41) is 6.73. The fourth-order valence-electron chi connectivity index (χ4n) is 4.53. The molecule has 4 rings (SSSR count). The zero-order valence-corrected chi connectivity index (χ0v) is 19.4.